The standard InChI is InChI=1S/C15H19FN2O3/c1-20-15-6-11(8-17)2-3-14(15)21-5-4-18-9-12(16)7-13(18)10-19/h2-3,6,12-13,19H,4-5,7,9-10H2,1H3/t12-,13-/m0/s1. The summed E-state index contributed by atoms with van der Waals surface area (Å²) in [7, 11) is 1.51. The van der Waals surface area contributed by atoms with Crippen LogP contribution in [-0.4, -0.2) is 55.6 Å². The van der Waals surface area contributed by atoms with Crippen molar-refractivity contribution in [2.75, 3.05) is 33.4 Å². The van der Waals surface area contributed by atoms with Crippen LogP contribution in [0.3, 0.4) is 0 Å². The average molecular weight is 294 g/mol. The second-order valence-corrected chi connectivity index (χ2v) is 4.99. The molecule has 114 valence electrons. The van der Waals surface area contributed by atoms with Gasteiger partial charge in [0.2, 0.25) is 0 Å². The number of nitrogens with zero attached hydrogens (tertiary/aromatic N) is 2. The normalized spacial score (nSPS) is 22.0. The number of ether oxygens (including phenoxy) is 2. The fraction of sp³-hybridized carbons (Fsp3) is 0.533. The zero-order valence-electron chi connectivity index (χ0n) is 12.0. The van der Waals surface area contributed by atoms with Crippen molar-refractivity contribution in [3.05, 3.63) is 23.8 Å². The lowest BCUT2D eigenvalue weighted by Gasteiger charge is -2.22. The molecule has 2 rings (SSSR count). The molecule has 1 fully saturated rings. The monoisotopic (exact) mass is 294 g/mol. The fourth-order valence-corrected chi connectivity index (χ4v) is 2.52. The highest BCUT2D eigenvalue weighted by molar-refractivity contribution is 5.46. The summed E-state index contributed by atoms with van der Waals surface area (Å²) in [5, 5.41) is 18.0. The Kier molecular flexibility index (Phi) is 5.37. The third-order valence-electron chi connectivity index (χ3n) is 3.62. The van der Waals surface area contributed by atoms with Crippen molar-refractivity contribution < 1.29 is 19.0 Å². The van der Waals surface area contributed by atoms with Gasteiger partial charge in [-0.1, -0.05) is 0 Å². The van der Waals surface area contributed by atoms with Crippen molar-refractivity contribution in [1.29, 1.82) is 5.26 Å². The smallest absolute Gasteiger partial charge is 0.162 e. The summed E-state index contributed by atoms with van der Waals surface area (Å²) in [4.78, 5) is 1.89. The summed E-state index contributed by atoms with van der Waals surface area (Å²) in [6, 6.07) is 6.85. The van der Waals surface area contributed by atoms with Crippen LogP contribution in [0.4, 0.5) is 4.39 Å². The minimum absolute atomic E-state index is 0.0411. The number of aliphatic hydroxyl groups excluding tert-OH is 1. The lowest BCUT2D eigenvalue weighted by Crippen LogP contribution is -2.35. The molecule has 1 aliphatic rings. The Hall–Kier alpha value is -1.84. The Balaban J connectivity index is 1.90. The minimum Gasteiger partial charge on any atom is -0.493 e. The van der Waals surface area contributed by atoms with Crippen molar-refractivity contribution in [1.82, 2.24) is 4.90 Å². The third-order valence-corrected chi connectivity index (χ3v) is 3.62. The number of benzene rings is 1. The van der Waals surface area contributed by atoms with Gasteiger partial charge in [-0.3, -0.25) is 4.90 Å². The predicted octanol–water partition coefficient (Wildman–Crippen LogP) is 1.35. The first-order valence-electron chi connectivity index (χ1n) is 6.87. The highest BCUT2D eigenvalue weighted by atomic mass is 19.1. The number of halogens is 1. The molecule has 1 saturated heterocycles. The van der Waals surface area contributed by atoms with Gasteiger partial charge < -0.3 is 14.6 Å². The quantitative estimate of drug-likeness (QED) is 0.858. The molecule has 0 saturated carbocycles. The van der Waals surface area contributed by atoms with E-state index in [0.717, 1.165) is 0 Å². The molecule has 5 nitrogen and oxygen atoms in total. The van der Waals surface area contributed by atoms with E-state index in [1.165, 1.54) is 7.11 Å². The van der Waals surface area contributed by atoms with Crippen molar-refractivity contribution in [2.24, 2.45) is 0 Å². The van der Waals surface area contributed by atoms with Crippen LogP contribution >= 0.6 is 0 Å². The zero-order chi connectivity index (χ0) is 15.2. The fourth-order valence-electron chi connectivity index (χ4n) is 2.52. The van der Waals surface area contributed by atoms with Crippen molar-refractivity contribution in [2.45, 2.75) is 18.6 Å². The Labute approximate surface area is 123 Å². The molecule has 0 bridgehead atoms. The maximum atomic E-state index is 13.3. The van der Waals surface area contributed by atoms with Gasteiger partial charge in [-0.05, 0) is 18.6 Å². The molecule has 0 radical (unpaired) electrons. The van der Waals surface area contributed by atoms with Gasteiger partial charge in [-0.2, -0.15) is 5.26 Å². The van der Waals surface area contributed by atoms with Crippen LogP contribution < -0.4 is 9.47 Å². The van der Waals surface area contributed by atoms with Gasteiger partial charge >= 0.3 is 0 Å². The molecule has 6 heteroatoms. The van der Waals surface area contributed by atoms with E-state index in [-0.39, 0.29) is 12.6 Å². The van der Waals surface area contributed by atoms with Gasteiger partial charge in [0.15, 0.2) is 11.5 Å². The van der Waals surface area contributed by atoms with E-state index in [2.05, 4.69) is 0 Å². The van der Waals surface area contributed by atoms with Crippen LogP contribution in [-0.2, 0) is 0 Å². The Bertz CT molecular complexity index is 518. The number of alkyl halides is 1. The van der Waals surface area contributed by atoms with E-state index in [9.17, 15) is 9.50 Å². The van der Waals surface area contributed by atoms with Crippen LogP contribution in [0.5, 0.6) is 11.5 Å². The highest BCUT2D eigenvalue weighted by Crippen LogP contribution is 2.28. The van der Waals surface area contributed by atoms with E-state index in [1.807, 2.05) is 11.0 Å². The van der Waals surface area contributed by atoms with Crippen LogP contribution in [0, 0.1) is 11.3 Å². The van der Waals surface area contributed by atoms with Crippen LogP contribution in [0.2, 0.25) is 0 Å². The molecule has 2 atom stereocenters. The molecule has 21 heavy (non-hydrogen) atoms. The Morgan fingerprint density at radius 1 is 1.48 bits per heavy atom. The predicted molar refractivity (Wildman–Crippen MR) is 75.2 cm³/mol. The molecule has 1 heterocycles. The van der Waals surface area contributed by atoms with E-state index in [1.54, 1.807) is 18.2 Å². The molecule has 1 aromatic rings. The third kappa shape index (κ3) is 3.84. The zero-order valence-corrected chi connectivity index (χ0v) is 12.0. The summed E-state index contributed by atoms with van der Waals surface area (Å²) < 4.78 is 24.1. The minimum atomic E-state index is -0.883. The van der Waals surface area contributed by atoms with Gasteiger partial charge in [0.05, 0.1) is 25.3 Å². The molecule has 1 aliphatic heterocycles. The first-order valence-corrected chi connectivity index (χ1v) is 6.87. The van der Waals surface area contributed by atoms with Gasteiger partial charge in [0.1, 0.15) is 12.8 Å². The summed E-state index contributed by atoms with van der Waals surface area (Å²) in [5.41, 5.74) is 0.499. The number of nitriles is 1. The van der Waals surface area contributed by atoms with Gasteiger partial charge in [0.25, 0.3) is 0 Å². The molecular weight excluding hydrogens is 275 g/mol. The topological polar surface area (TPSA) is 65.7 Å². The molecular formula is C15H19FN2O3. The number of hydrogen-bond acceptors (Lipinski definition) is 5. The largest absolute Gasteiger partial charge is 0.493 e. The molecule has 0 aromatic heterocycles. The lowest BCUT2D eigenvalue weighted by atomic mass is 10.2. The summed E-state index contributed by atoms with van der Waals surface area (Å²) >= 11 is 0. The summed E-state index contributed by atoms with van der Waals surface area (Å²) in [6.45, 7) is 1.19. The lowest BCUT2D eigenvalue weighted by molar-refractivity contribution is 0.137. The molecule has 0 spiro atoms. The van der Waals surface area contributed by atoms with E-state index >= 15 is 0 Å². The number of hydrogen-bond donors (Lipinski definition) is 1. The van der Waals surface area contributed by atoms with Gasteiger partial charge in [-0.25, -0.2) is 4.39 Å². The number of methoxy groups -OCH3 is 1. The maximum absolute atomic E-state index is 13.3. The van der Waals surface area contributed by atoms with E-state index < -0.39 is 6.17 Å². The van der Waals surface area contributed by atoms with Crippen LogP contribution in [0.25, 0.3) is 0 Å². The average Bonchev–Trinajstić information content (AvgIpc) is 2.87. The van der Waals surface area contributed by atoms with Crippen molar-refractivity contribution >= 4 is 0 Å². The Morgan fingerprint density at radius 3 is 2.95 bits per heavy atom. The number of rotatable bonds is 6. The number of aliphatic hydroxyl groups is 1. The number of likely N-dealkylation sites (tertiary alicyclic amines) is 1. The molecule has 1 N–H and O–H groups in total. The molecule has 0 unspecified atom stereocenters. The summed E-state index contributed by atoms with van der Waals surface area (Å²) in [5.74, 6) is 1.05. The van der Waals surface area contributed by atoms with E-state index in [4.69, 9.17) is 14.7 Å². The first kappa shape index (κ1) is 15.5. The van der Waals surface area contributed by atoms with Crippen LogP contribution in [0.1, 0.15) is 12.0 Å². The molecule has 0 amide bonds. The first-order chi connectivity index (χ1) is 10.2. The SMILES string of the molecule is COc1cc(C#N)ccc1OCCN1C[C@@H](F)C[C@H]1CO. The van der Waals surface area contributed by atoms with Gasteiger partial charge in [0, 0.05) is 25.2 Å². The molecule has 0 aliphatic carbocycles. The molecule has 1 aromatic carbocycles. The van der Waals surface area contributed by atoms with E-state index in [0.29, 0.717) is 43.2 Å². The van der Waals surface area contributed by atoms with Gasteiger partial charge in [-0.15, -0.1) is 0 Å². The maximum Gasteiger partial charge on any atom is 0.162 e. The van der Waals surface area contributed by atoms with Crippen molar-refractivity contribution in [3.8, 4) is 17.6 Å². The highest BCUT2D eigenvalue weighted by Gasteiger charge is 2.31. The summed E-state index contributed by atoms with van der Waals surface area (Å²) in [6.07, 6.45) is -0.511. The Morgan fingerprint density at radius 2 is 2.29 bits per heavy atom. The van der Waals surface area contributed by atoms with Crippen molar-refractivity contribution in [3.63, 3.8) is 0 Å². The van der Waals surface area contributed by atoms with Crippen LogP contribution in [0.15, 0.2) is 18.2 Å². The second-order valence-electron chi connectivity index (χ2n) is 4.99. The second kappa shape index (κ2) is 7.25.